The van der Waals surface area contributed by atoms with Gasteiger partial charge in [0.1, 0.15) is 0 Å². The van der Waals surface area contributed by atoms with Crippen LogP contribution in [0.3, 0.4) is 0 Å². The molecule has 2 N–H and O–H groups in total. The fraction of sp³-hybridized carbons (Fsp3) is 0.588. The zero-order valence-electron chi connectivity index (χ0n) is 26.7. The molecule has 0 bridgehead atoms. The average molecular weight is 618 g/mol. The highest BCUT2D eigenvalue weighted by Crippen LogP contribution is 2.25. The minimum atomic E-state index is -0.940. The fourth-order valence-electron chi connectivity index (χ4n) is 7.14. The normalized spacial score (nSPS) is 21.1. The van der Waals surface area contributed by atoms with E-state index in [-0.39, 0.29) is 24.4 Å². The number of carbonyl (C=O) groups is 3. The number of fused-ring (bicyclic) bond motifs is 1. The molecule has 4 amide bonds. The van der Waals surface area contributed by atoms with Crippen LogP contribution in [0.4, 0.5) is 15.3 Å². The number of piperidine rings is 2. The molecule has 3 saturated heterocycles. The van der Waals surface area contributed by atoms with E-state index in [1.54, 1.807) is 4.90 Å². The zero-order chi connectivity index (χ0) is 31.3. The molecule has 1 atom stereocenters. The molecular formula is C34H47N7O4. The van der Waals surface area contributed by atoms with Gasteiger partial charge in [-0.2, -0.15) is 0 Å². The Morgan fingerprint density at radius 1 is 0.911 bits per heavy atom. The molecule has 5 heterocycles. The van der Waals surface area contributed by atoms with Crippen LogP contribution in [0.25, 0.3) is 0 Å². The number of carbonyl (C=O) groups excluding carboxylic acids is 3. The van der Waals surface area contributed by atoms with Crippen LogP contribution in [0.5, 0.6) is 0 Å². The number of anilines is 1. The van der Waals surface area contributed by atoms with Gasteiger partial charge in [0.25, 0.3) is 5.91 Å². The molecule has 11 heteroatoms. The van der Waals surface area contributed by atoms with E-state index in [4.69, 9.17) is 4.74 Å². The summed E-state index contributed by atoms with van der Waals surface area (Å²) in [6, 6.07) is 10.4. The monoisotopic (exact) mass is 617 g/mol. The third-order valence-corrected chi connectivity index (χ3v) is 10.1. The van der Waals surface area contributed by atoms with Gasteiger partial charge in [-0.05, 0) is 87.9 Å². The highest BCUT2D eigenvalue weighted by Gasteiger charge is 2.36. The van der Waals surface area contributed by atoms with E-state index in [9.17, 15) is 14.4 Å². The Labute approximate surface area is 266 Å². The summed E-state index contributed by atoms with van der Waals surface area (Å²) in [4.78, 5) is 53.0. The van der Waals surface area contributed by atoms with Crippen molar-refractivity contribution in [3.05, 3.63) is 58.9 Å². The van der Waals surface area contributed by atoms with Crippen LogP contribution in [0.1, 0.15) is 48.1 Å². The Morgan fingerprint density at radius 2 is 1.64 bits per heavy atom. The van der Waals surface area contributed by atoms with Crippen molar-refractivity contribution >= 4 is 23.7 Å². The molecule has 6 rings (SSSR count). The number of aromatic nitrogens is 1. The largest absolute Gasteiger partial charge is 0.436 e. The van der Waals surface area contributed by atoms with Gasteiger partial charge in [0.15, 0.2) is 6.10 Å². The van der Waals surface area contributed by atoms with Crippen molar-refractivity contribution in [2.45, 2.75) is 70.6 Å². The average Bonchev–Trinajstić information content (AvgIpc) is 3.24. The molecule has 11 nitrogen and oxygen atoms in total. The van der Waals surface area contributed by atoms with Crippen LogP contribution >= 0.6 is 0 Å². The zero-order valence-corrected chi connectivity index (χ0v) is 26.7. The number of likely N-dealkylation sites (tertiary alicyclic amines) is 1. The number of aryl methyl sites for hydroxylation is 2. The van der Waals surface area contributed by atoms with Gasteiger partial charge >= 0.3 is 12.1 Å². The highest BCUT2D eigenvalue weighted by molar-refractivity contribution is 5.91. The summed E-state index contributed by atoms with van der Waals surface area (Å²) >= 11 is 0. The molecule has 4 aliphatic heterocycles. The lowest BCUT2D eigenvalue weighted by Crippen LogP contribution is -2.56. The number of piperazine rings is 1. The van der Waals surface area contributed by atoms with Crippen LogP contribution < -0.4 is 10.6 Å². The number of hydrogen-bond acceptors (Lipinski definition) is 7. The molecular weight excluding hydrogens is 570 g/mol. The van der Waals surface area contributed by atoms with Gasteiger partial charge in [0.05, 0.1) is 0 Å². The number of para-hydroxylation sites is 1. The summed E-state index contributed by atoms with van der Waals surface area (Å²) in [5.74, 6) is -0.149. The molecule has 4 aliphatic rings. The summed E-state index contributed by atoms with van der Waals surface area (Å²) in [5, 5.41) is 6.48. The first-order chi connectivity index (χ1) is 21.9. The van der Waals surface area contributed by atoms with Crippen LogP contribution in [0.2, 0.25) is 0 Å². The van der Waals surface area contributed by atoms with E-state index in [0.717, 1.165) is 73.5 Å². The molecule has 45 heavy (non-hydrogen) atoms. The van der Waals surface area contributed by atoms with Gasteiger partial charge in [0, 0.05) is 81.9 Å². The molecule has 2 aromatic rings. The lowest BCUT2D eigenvalue weighted by atomic mass is 10.0. The first-order valence-electron chi connectivity index (χ1n) is 16.6. The summed E-state index contributed by atoms with van der Waals surface area (Å²) in [5.41, 5.74) is 4.92. The van der Waals surface area contributed by atoms with Crippen LogP contribution in [-0.2, 0) is 22.4 Å². The lowest BCUT2D eigenvalue weighted by molar-refractivity contribution is -0.143. The molecule has 0 saturated carbocycles. The van der Waals surface area contributed by atoms with Gasteiger partial charge in [-0.1, -0.05) is 18.2 Å². The predicted molar refractivity (Wildman–Crippen MR) is 172 cm³/mol. The maximum atomic E-state index is 13.9. The van der Waals surface area contributed by atoms with Crippen molar-refractivity contribution in [3.63, 3.8) is 0 Å². The quantitative estimate of drug-likeness (QED) is 0.513. The minimum Gasteiger partial charge on any atom is -0.436 e. The van der Waals surface area contributed by atoms with Crippen LogP contribution in [-0.4, -0.2) is 120 Å². The molecule has 3 fully saturated rings. The van der Waals surface area contributed by atoms with Crippen molar-refractivity contribution in [1.29, 1.82) is 0 Å². The predicted octanol–water partition coefficient (Wildman–Crippen LogP) is 3.20. The van der Waals surface area contributed by atoms with Crippen LogP contribution in [0.15, 0.2) is 36.5 Å². The Hall–Kier alpha value is -3.70. The second-order valence-electron chi connectivity index (χ2n) is 12.9. The fourth-order valence-corrected chi connectivity index (χ4v) is 7.14. The van der Waals surface area contributed by atoms with E-state index in [1.807, 2.05) is 54.1 Å². The highest BCUT2D eigenvalue weighted by atomic mass is 16.6. The summed E-state index contributed by atoms with van der Waals surface area (Å²) in [6.07, 6.45) is 5.03. The van der Waals surface area contributed by atoms with E-state index < -0.39 is 12.2 Å². The molecule has 1 unspecified atom stereocenters. The van der Waals surface area contributed by atoms with Crippen LogP contribution in [0, 0.1) is 13.8 Å². The SMILES string of the molecule is Cc1cnc(CC(OC(=O)N2CCC(N3CCc4ccccc4NC3=O)CC2)C(=O)N2CCN(C3CCNCC3)CC2)cc1C. The van der Waals surface area contributed by atoms with E-state index in [1.165, 1.54) is 0 Å². The van der Waals surface area contributed by atoms with Gasteiger partial charge in [-0.15, -0.1) is 0 Å². The maximum Gasteiger partial charge on any atom is 0.410 e. The number of nitrogens with zero attached hydrogens (tertiary/aromatic N) is 5. The summed E-state index contributed by atoms with van der Waals surface area (Å²) in [6.45, 7) is 10.6. The van der Waals surface area contributed by atoms with Crippen molar-refractivity contribution in [2.24, 2.45) is 0 Å². The number of hydrogen-bond donors (Lipinski definition) is 2. The molecule has 0 spiro atoms. The Morgan fingerprint density at radius 3 is 2.38 bits per heavy atom. The first kappa shape index (κ1) is 31.3. The number of pyridine rings is 1. The summed E-state index contributed by atoms with van der Waals surface area (Å²) in [7, 11) is 0. The Balaban J connectivity index is 1.07. The number of ether oxygens (including phenoxy) is 1. The topological polar surface area (TPSA) is 110 Å². The van der Waals surface area contributed by atoms with Crippen molar-refractivity contribution in [2.75, 3.05) is 64.2 Å². The smallest absolute Gasteiger partial charge is 0.410 e. The molecule has 0 aliphatic carbocycles. The van der Waals surface area contributed by atoms with Gasteiger partial charge in [0.2, 0.25) is 0 Å². The minimum absolute atomic E-state index is 0.0387. The van der Waals surface area contributed by atoms with E-state index in [2.05, 4.69) is 26.6 Å². The van der Waals surface area contributed by atoms with E-state index in [0.29, 0.717) is 51.6 Å². The van der Waals surface area contributed by atoms with Crippen molar-refractivity contribution < 1.29 is 19.1 Å². The number of rotatable bonds is 6. The molecule has 1 aromatic carbocycles. The third-order valence-electron chi connectivity index (χ3n) is 10.1. The van der Waals surface area contributed by atoms with Crippen molar-refractivity contribution in [3.8, 4) is 0 Å². The maximum absolute atomic E-state index is 13.9. The Kier molecular flexibility index (Phi) is 9.85. The number of amides is 4. The lowest BCUT2D eigenvalue weighted by Gasteiger charge is -2.41. The van der Waals surface area contributed by atoms with Crippen molar-refractivity contribution in [1.82, 2.24) is 29.9 Å². The first-order valence-corrected chi connectivity index (χ1v) is 16.6. The number of nitrogens with one attached hydrogen (secondary N) is 2. The molecule has 1 aromatic heterocycles. The molecule has 242 valence electrons. The second-order valence-corrected chi connectivity index (χ2v) is 12.9. The number of urea groups is 1. The second kappa shape index (κ2) is 14.2. The summed E-state index contributed by atoms with van der Waals surface area (Å²) < 4.78 is 6.03. The van der Waals surface area contributed by atoms with Gasteiger partial charge < -0.3 is 30.1 Å². The van der Waals surface area contributed by atoms with E-state index >= 15 is 0 Å². The third kappa shape index (κ3) is 7.41. The van der Waals surface area contributed by atoms with Gasteiger partial charge in [-0.3, -0.25) is 14.7 Å². The Bertz CT molecular complexity index is 1360. The standard InChI is InChI=1S/C34H47N7O4/c1-24-21-27(36-23-25(24)2)22-31(32(42)39-19-17-38(18-20-39)28-7-12-35-13-8-28)45-34(44)40-14-10-29(11-15-40)41-16-9-26-5-3-4-6-30(26)37-33(41)43/h3-6,21,23,28-29,31,35H,7-20,22H2,1-2H3,(H,37,43). The van der Waals surface area contributed by atoms with Gasteiger partial charge in [-0.25, -0.2) is 9.59 Å². The number of benzene rings is 1. The molecule has 0 radical (unpaired) electrons.